The predicted octanol–water partition coefficient (Wildman–Crippen LogP) is 6.75. The highest BCUT2D eigenvalue weighted by Crippen LogP contribution is 2.33. The Balaban J connectivity index is 1.86. The first-order valence-electron chi connectivity index (χ1n) is 10.2. The quantitative estimate of drug-likeness (QED) is 0.209. The van der Waals surface area contributed by atoms with Gasteiger partial charge in [-0.1, -0.05) is 48.0 Å². The van der Waals surface area contributed by atoms with E-state index in [9.17, 15) is 14.4 Å². The zero-order chi connectivity index (χ0) is 23.8. The van der Waals surface area contributed by atoms with Gasteiger partial charge in [-0.05, 0) is 76.3 Å². The summed E-state index contributed by atoms with van der Waals surface area (Å²) in [5.74, 6) is -0.596. The number of hydrogen-bond donors (Lipinski definition) is 1. The highest BCUT2D eigenvalue weighted by Gasteiger charge is 2.14. The Kier molecular flexibility index (Phi) is 8.17. The summed E-state index contributed by atoms with van der Waals surface area (Å²) in [6, 6.07) is 19.4. The van der Waals surface area contributed by atoms with Crippen LogP contribution in [0.3, 0.4) is 0 Å². The average Bonchev–Trinajstić information content (AvgIpc) is 2.78. The Morgan fingerprint density at radius 3 is 2.70 bits per heavy atom. The first-order valence-corrected chi connectivity index (χ1v) is 11.0. The Labute approximate surface area is 201 Å². The number of carbonyl (C=O) groups is 1. The molecule has 1 N–H and O–H groups in total. The highest BCUT2D eigenvalue weighted by molar-refractivity contribution is 9.10. The first kappa shape index (κ1) is 24.0. The molecular formula is C27H22BrFN2O2. The minimum Gasteiger partial charge on any atom is -0.487 e. The van der Waals surface area contributed by atoms with Gasteiger partial charge in [-0.25, -0.2) is 4.39 Å². The molecule has 0 radical (unpaired) electrons. The van der Waals surface area contributed by atoms with Gasteiger partial charge in [0.15, 0.2) is 0 Å². The second-order valence-electron chi connectivity index (χ2n) is 7.37. The molecule has 0 aliphatic rings. The van der Waals surface area contributed by atoms with Gasteiger partial charge in [0.1, 0.15) is 29.8 Å². The second-order valence-corrected chi connectivity index (χ2v) is 8.22. The molecule has 0 spiro atoms. The van der Waals surface area contributed by atoms with Gasteiger partial charge >= 0.3 is 0 Å². The van der Waals surface area contributed by atoms with Gasteiger partial charge in [-0.2, -0.15) is 5.26 Å². The maximum atomic E-state index is 13.8. The van der Waals surface area contributed by atoms with E-state index in [0.717, 1.165) is 16.7 Å². The maximum Gasteiger partial charge on any atom is 0.266 e. The third-order valence-electron chi connectivity index (χ3n) is 4.77. The molecule has 0 aromatic heterocycles. The monoisotopic (exact) mass is 504 g/mol. The van der Waals surface area contributed by atoms with E-state index in [1.807, 2.05) is 37.3 Å². The number of carbonyl (C=O) groups excluding carboxylic acids is 1. The smallest absolute Gasteiger partial charge is 0.266 e. The van der Waals surface area contributed by atoms with Crippen LogP contribution in [0.2, 0.25) is 0 Å². The van der Waals surface area contributed by atoms with Gasteiger partial charge < -0.3 is 10.1 Å². The maximum absolute atomic E-state index is 13.8. The van der Waals surface area contributed by atoms with Crippen LogP contribution in [-0.2, 0) is 17.8 Å². The molecule has 0 aliphatic heterocycles. The number of nitriles is 1. The predicted molar refractivity (Wildman–Crippen MR) is 132 cm³/mol. The van der Waals surface area contributed by atoms with Gasteiger partial charge in [0.05, 0.1) is 10.2 Å². The molecule has 3 aromatic rings. The van der Waals surface area contributed by atoms with Crippen molar-refractivity contribution in [3.63, 3.8) is 0 Å². The third-order valence-corrected chi connectivity index (χ3v) is 5.36. The number of anilines is 1. The van der Waals surface area contributed by atoms with Crippen LogP contribution in [0, 0.1) is 24.1 Å². The van der Waals surface area contributed by atoms with Crippen LogP contribution in [0.25, 0.3) is 6.08 Å². The van der Waals surface area contributed by atoms with Crippen molar-refractivity contribution in [1.82, 2.24) is 0 Å². The van der Waals surface area contributed by atoms with E-state index in [4.69, 9.17) is 4.74 Å². The second kappa shape index (κ2) is 11.3. The normalized spacial score (nSPS) is 10.9. The number of hydrogen-bond acceptors (Lipinski definition) is 3. The summed E-state index contributed by atoms with van der Waals surface area (Å²) in [4.78, 5) is 12.5. The number of aryl methyl sites for hydroxylation is 1. The zero-order valence-electron chi connectivity index (χ0n) is 18.1. The van der Waals surface area contributed by atoms with Gasteiger partial charge in [-0.15, -0.1) is 6.58 Å². The molecule has 0 unspecified atom stereocenters. The van der Waals surface area contributed by atoms with E-state index < -0.39 is 11.7 Å². The molecular weight excluding hydrogens is 483 g/mol. The Hall–Kier alpha value is -3.69. The lowest BCUT2D eigenvalue weighted by molar-refractivity contribution is -0.112. The third kappa shape index (κ3) is 6.41. The summed E-state index contributed by atoms with van der Waals surface area (Å²) in [5.41, 5.74) is 3.54. The van der Waals surface area contributed by atoms with E-state index in [0.29, 0.717) is 28.8 Å². The molecule has 0 saturated carbocycles. The molecule has 3 aromatic carbocycles. The molecule has 0 aliphatic carbocycles. The number of allylic oxidation sites excluding steroid dienone is 1. The lowest BCUT2D eigenvalue weighted by Crippen LogP contribution is -2.14. The largest absolute Gasteiger partial charge is 0.487 e. The number of ether oxygens (including phenoxy) is 1. The standard InChI is InChI=1S/C27H22BrFN2O2/c1-3-7-21-13-20(14-22(16-30)27(32)31-25-11-5-4-10-24(25)29)15-23(28)26(21)33-17-19-9-6-8-18(2)12-19/h3-6,8-15H,1,7,17H2,2H3,(H,31,32)/b22-14-. The molecule has 1 amide bonds. The molecule has 0 saturated heterocycles. The van der Waals surface area contributed by atoms with E-state index in [1.54, 1.807) is 18.2 Å². The van der Waals surface area contributed by atoms with Crippen molar-refractivity contribution in [3.05, 3.63) is 111 Å². The summed E-state index contributed by atoms with van der Waals surface area (Å²) in [5, 5.41) is 11.9. The lowest BCUT2D eigenvalue weighted by Gasteiger charge is -2.14. The van der Waals surface area contributed by atoms with Crippen LogP contribution in [0.1, 0.15) is 22.3 Å². The topological polar surface area (TPSA) is 62.1 Å². The Bertz CT molecular complexity index is 1260. The minimum atomic E-state index is -0.691. The van der Waals surface area contributed by atoms with Crippen LogP contribution in [0.15, 0.2) is 83.4 Å². The molecule has 0 bridgehead atoms. The van der Waals surface area contributed by atoms with Crippen molar-refractivity contribution < 1.29 is 13.9 Å². The number of nitrogens with one attached hydrogen (secondary N) is 1. The minimum absolute atomic E-state index is 0.0112. The van der Waals surface area contributed by atoms with Crippen molar-refractivity contribution in [3.8, 4) is 11.8 Å². The van der Waals surface area contributed by atoms with Crippen molar-refractivity contribution in [1.29, 1.82) is 5.26 Å². The van der Waals surface area contributed by atoms with Gasteiger partial charge in [0, 0.05) is 0 Å². The van der Waals surface area contributed by atoms with E-state index in [2.05, 4.69) is 33.9 Å². The van der Waals surface area contributed by atoms with Crippen LogP contribution < -0.4 is 10.1 Å². The summed E-state index contributed by atoms with van der Waals surface area (Å²) < 4.78 is 20.6. The average molecular weight is 505 g/mol. The highest BCUT2D eigenvalue weighted by atomic mass is 79.9. The number of amides is 1. The van der Waals surface area contributed by atoms with E-state index in [-0.39, 0.29) is 11.3 Å². The van der Waals surface area contributed by atoms with Gasteiger partial charge in [-0.3, -0.25) is 4.79 Å². The van der Waals surface area contributed by atoms with Crippen LogP contribution in [0.4, 0.5) is 10.1 Å². The molecule has 0 fully saturated rings. The van der Waals surface area contributed by atoms with Crippen LogP contribution >= 0.6 is 15.9 Å². The molecule has 33 heavy (non-hydrogen) atoms. The van der Waals surface area contributed by atoms with E-state index >= 15 is 0 Å². The van der Waals surface area contributed by atoms with E-state index in [1.165, 1.54) is 24.3 Å². The van der Waals surface area contributed by atoms with Gasteiger partial charge in [0.2, 0.25) is 0 Å². The fourth-order valence-electron chi connectivity index (χ4n) is 3.25. The van der Waals surface area contributed by atoms with Crippen molar-refractivity contribution in [2.75, 3.05) is 5.32 Å². The fourth-order valence-corrected chi connectivity index (χ4v) is 3.88. The molecule has 0 heterocycles. The molecule has 166 valence electrons. The molecule has 3 rings (SSSR count). The number of benzene rings is 3. The van der Waals surface area contributed by atoms with Gasteiger partial charge in [0.25, 0.3) is 5.91 Å². The Morgan fingerprint density at radius 1 is 1.21 bits per heavy atom. The summed E-state index contributed by atoms with van der Waals surface area (Å²) in [6.07, 6.45) is 3.75. The SMILES string of the molecule is C=CCc1cc(/C=C(/C#N)C(=O)Nc2ccccc2F)cc(Br)c1OCc1cccc(C)c1. The van der Waals surface area contributed by atoms with Crippen LogP contribution in [-0.4, -0.2) is 5.91 Å². The fraction of sp³-hybridized carbons (Fsp3) is 0.111. The van der Waals surface area contributed by atoms with Crippen molar-refractivity contribution in [2.24, 2.45) is 0 Å². The number of rotatable bonds is 8. The molecule has 6 heteroatoms. The summed E-state index contributed by atoms with van der Waals surface area (Å²) >= 11 is 3.55. The van der Waals surface area contributed by atoms with Crippen LogP contribution in [0.5, 0.6) is 5.75 Å². The summed E-state index contributed by atoms with van der Waals surface area (Å²) in [7, 11) is 0. The summed E-state index contributed by atoms with van der Waals surface area (Å²) in [6.45, 7) is 6.23. The number of nitrogens with zero attached hydrogens (tertiary/aromatic N) is 1. The lowest BCUT2D eigenvalue weighted by atomic mass is 10.0. The van der Waals surface area contributed by atoms with Crippen molar-refractivity contribution >= 4 is 33.6 Å². The molecule has 0 atom stereocenters. The first-order chi connectivity index (χ1) is 15.9. The number of halogens is 2. The zero-order valence-corrected chi connectivity index (χ0v) is 19.7. The van der Waals surface area contributed by atoms with Crippen molar-refractivity contribution in [2.45, 2.75) is 20.0 Å². The number of para-hydroxylation sites is 1. The Morgan fingerprint density at radius 2 is 2.00 bits per heavy atom. The molecule has 4 nitrogen and oxygen atoms in total.